The standard InChI is InChI=1S/C8H14N4/c9-7-1-3-8(4-2-7)12-6-5-10-11-12/h5-8H,1-4,9H2. The fraction of sp³-hybridized carbons (Fsp3) is 0.750. The minimum Gasteiger partial charge on any atom is -0.328 e. The highest BCUT2D eigenvalue weighted by Crippen LogP contribution is 2.26. The van der Waals surface area contributed by atoms with Gasteiger partial charge in [0.25, 0.3) is 0 Å². The van der Waals surface area contributed by atoms with Crippen LogP contribution in [0, 0.1) is 0 Å². The molecule has 4 nitrogen and oxygen atoms in total. The first kappa shape index (κ1) is 7.73. The number of rotatable bonds is 1. The van der Waals surface area contributed by atoms with E-state index in [9.17, 15) is 0 Å². The van der Waals surface area contributed by atoms with Gasteiger partial charge in [0.2, 0.25) is 0 Å². The summed E-state index contributed by atoms with van der Waals surface area (Å²) in [6.45, 7) is 0. The van der Waals surface area contributed by atoms with Crippen LogP contribution in [0.2, 0.25) is 0 Å². The van der Waals surface area contributed by atoms with Crippen LogP contribution in [0.5, 0.6) is 0 Å². The number of nitrogens with zero attached hydrogens (tertiary/aromatic N) is 3. The first-order valence-corrected chi connectivity index (χ1v) is 4.47. The molecule has 0 amide bonds. The van der Waals surface area contributed by atoms with Gasteiger partial charge >= 0.3 is 0 Å². The minimum absolute atomic E-state index is 0.407. The lowest BCUT2D eigenvalue weighted by atomic mass is 9.92. The molecule has 0 aromatic carbocycles. The van der Waals surface area contributed by atoms with Crippen molar-refractivity contribution in [3.63, 3.8) is 0 Å². The summed E-state index contributed by atoms with van der Waals surface area (Å²) >= 11 is 0. The van der Waals surface area contributed by atoms with Crippen LogP contribution in [0.4, 0.5) is 0 Å². The van der Waals surface area contributed by atoms with Crippen LogP contribution in [0.3, 0.4) is 0 Å². The van der Waals surface area contributed by atoms with E-state index in [1.165, 1.54) is 0 Å². The molecule has 4 heteroatoms. The molecule has 1 fully saturated rings. The molecule has 0 aliphatic heterocycles. The van der Waals surface area contributed by atoms with Gasteiger partial charge in [0.15, 0.2) is 0 Å². The first-order valence-electron chi connectivity index (χ1n) is 4.47. The summed E-state index contributed by atoms with van der Waals surface area (Å²) in [4.78, 5) is 0. The Morgan fingerprint density at radius 2 is 2.00 bits per heavy atom. The second-order valence-electron chi connectivity index (χ2n) is 3.45. The normalized spacial score (nSPS) is 30.4. The monoisotopic (exact) mass is 166 g/mol. The summed E-state index contributed by atoms with van der Waals surface area (Å²) in [6, 6.07) is 0.942. The molecule has 0 radical (unpaired) electrons. The van der Waals surface area contributed by atoms with Crippen LogP contribution in [0.1, 0.15) is 31.7 Å². The molecule has 2 rings (SSSR count). The smallest absolute Gasteiger partial charge is 0.0693 e. The molecule has 2 N–H and O–H groups in total. The van der Waals surface area contributed by atoms with E-state index in [-0.39, 0.29) is 0 Å². The van der Waals surface area contributed by atoms with E-state index in [0.29, 0.717) is 12.1 Å². The molecule has 1 aromatic heterocycles. The number of nitrogens with two attached hydrogens (primary N) is 1. The van der Waals surface area contributed by atoms with Gasteiger partial charge in [-0.15, -0.1) is 5.10 Å². The van der Waals surface area contributed by atoms with E-state index in [1.807, 2.05) is 10.9 Å². The third-order valence-corrected chi connectivity index (χ3v) is 2.56. The summed E-state index contributed by atoms with van der Waals surface area (Å²) < 4.78 is 1.95. The minimum atomic E-state index is 0.407. The lowest BCUT2D eigenvalue weighted by molar-refractivity contribution is 0.300. The molecule has 1 aliphatic carbocycles. The summed E-state index contributed by atoms with van der Waals surface area (Å²) in [5.74, 6) is 0. The van der Waals surface area contributed by atoms with E-state index in [4.69, 9.17) is 5.73 Å². The average molecular weight is 166 g/mol. The van der Waals surface area contributed by atoms with E-state index in [2.05, 4.69) is 10.3 Å². The third kappa shape index (κ3) is 1.48. The Balaban J connectivity index is 1.99. The topological polar surface area (TPSA) is 56.7 Å². The lowest BCUT2D eigenvalue weighted by Gasteiger charge is -2.25. The molecule has 0 bridgehead atoms. The lowest BCUT2D eigenvalue weighted by Crippen LogP contribution is -2.28. The average Bonchev–Trinajstić information content (AvgIpc) is 2.58. The van der Waals surface area contributed by atoms with Gasteiger partial charge in [0.05, 0.1) is 12.2 Å². The van der Waals surface area contributed by atoms with Gasteiger partial charge in [-0.2, -0.15) is 0 Å². The maximum Gasteiger partial charge on any atom is 0.0693 e. The van der Waals surface area contributed by atoms with Crippen molar-refractivity contribution in [2.45, 2.75) is 37.8 Å². The molecule has 0 unspecified atom stereocenters. The van der Waals surface area contributed by atoms with Gasteiger partial charge in [0.1, 0.15) is 0 Å². The maximum atomic E-state index is 5.81. The molecule has 66 valence electrons. The zero-order valence-electron chi connectivity index (χ0n) is 7.06. The first-order chi connectivity index (χ1) is 5.86. The summed E-state index contributed by atoms with van der Waals surface area (Å²) in [5, 5.41) is 7.79. The fourth-order valence-electron chi connectivity index (χ4n) is 1.78. The molecule has 1 aromatic rings. The summed E-state index contributed by atoms with van der Waals surface area (Å²) in [5.41, 5.74) is 5.81. The third-order valence-electron chi connectivity index (χ3n) is 2.56. The Kier molecular flexibility index (Phi) is 2.08. The quantitative estimate of drug-likeness (QED) is 0.668. The van der Waals surface area contributed by atoms with Gasteiger partial charge in [-0.3, -0.25) is 0 Å². The fourth-order valence-corrected chi connectivity index (χ4v) is 1.78. The van der Waals surface area contributed by atoms with Gasteiger partial charge in [-0.05, 0) is 25.7 Å². The Bertz CT molecular complexity index is 223. The van der Waals surface area contributed by atoms with Gasteiger partial charge < -0.3 is 5.73 Å². The summed E-state index contributed by atoms with van der Waals surface area (Å²) in [6.07, 6.45) is 8.18. The Hall–Kier alpha value is -0.900. The number of hydrogen-bond donors (Lipinski definition) is 1. The van der Waals surface area contributed by atoms with Crippen molar-refractivity contribution in [3.8, 4) is 0 Å². The summed E-state index contributed by atoms with van der Waals surface area (Å²) in [7, 11) is 0. The Morgan fingerprint density at radius 1 is 1.25 bits per heavy atom. The van der Waals surface area contributed by atoms with E-state index in [1.54, 1.807) is 6.20 Å². The molecular weight excluding hydrogens is 152 g/mol. The van der Waals surface area contributed by atoms with Crippen LogP contribution >= 0.6 is 0 Å². The molecule has 1 aliphatic rings. The van der Waals surface area contributed by atoms with E-state index < -0.39 is 0 Å². The van der Waals surface area contributed by atoms with Crippen molar-refractivity contribution in [1.82, 2.24) is 15.0 Å². The highest BCUT2D eigenvalue weighted by molar-refractivity contribution is 4.79. The largest absolute Gasteiger partial charge is 0.328 e. The van der Waals surface area contributed by atoms with Gasteiger partial charge in [0, 0.05) is 12.2 Å². The van der Waals surface area contributed by atoms with E-state index in [0.717, 1.165) is 25.7 Å². The van der Waals surface area contributed by atoms with Crippen LogP contribution < -0.4 is 5.73 Å². The van der Waals surface area contributed by atoms with Gasteiger partial charge in [-0.1, -0.05) is 5.21 Å². The van der Waals surface area contributed by atoms with Crippen molar-refractivity contribution < 1.29 is 0 Å². The molecule has 12 heavy (non-hydrogen) atoms. The highest BCUT2D eigenvalue weighted by atomic mass is 15.4. The van der Waals surface area contributed by atoms with Gasteiger partial charge in [-0.25, -0.2) is 4.68 Å². The van der Waals surface area contributed by atoms with E-state index >= 15 is 0 Å². The van der Waals surface area contributed by atoms with Crippen LogP contribution in [-0.2, 0) is 0 Å². The maximum absolute atomic E-state index is 5.81. The van der Waals surface area contributed by atoms with Crippen molar-refractivity contribution in [2.24, 2.45) is 5.73 Å². The zero-order valence-corrected chi connectivity index (χ0v) is 7.06. The zero-order chi connectivity index (χ0) is 8.39. The van der Waals surface area contributed by atoms with Crippen molar-refractivity contribution >= 4 is 0 Å². The van der Waals surface area contributed by atoms with Crippen molar-refractivity contribution in [3.05, 3.63) is 12.4 Å². The number of hydrogen-bond acceptors (Lipinski definition) is 3. The van der Waals surface area contributed by atoms with Crippen LogP contribution in [0.25, 0.3) is 0 Å². The predicted octanol–water partition coefficient (Wildman–Crippen LogP) is 0.720. The molecule has 1 saturated carbocycles. The number of aromatic nitrogens is 3. The molecule has 0 spiro atoms. The highest BCUT2D eigenvalue weighted by Gasteiger charge is 2.19. The van der Waals surface area contributed by atoms with Crippen molar-refractivity contribution in [2.75, 3.05) is 0 Å². The second-order valence-corrected chi connectivity index (χ2v) is 3.45. The van der Waals surface area contributed by atoms with Crippen molar-refractivity contribution in [1.29, 1.82) is 0 Å². The Labute approximate surface area is 71.8 Å². The molecule has 0 saturated heterocycles. The molecule has 1 heterocycles. The predicted molar refractivity (Wildman–Crippen MR) is 45.5 cm³/mol. The molecule has 0 atom stereocenters. The Morgan fingerprint density at radius 3 is 2.58 bits per heavy atom. The van der Waals surface area contributed by atoms with Crippen LogP contribution in [0.15, 0.2) is 12.4 Å². The second kappa shape index (κ2) is 3.23. The molecular formula is C8H14N4. The SMILES string of the molecule is NC1CCC(n2ccnn2)CC1. The van der Waals surface area contributed by atoms with Crippen LogP contribution in [-0.4, -0.2) is 21.0 Å².